The number of amidine groups is 2. The lowest BCUT2D eigenvalue weighted by Gasteiger charge is -2.14. The quantitative estimate of drug-likeness (QED) is 0.662. The predicted molar refractivity (Wildman–Crippen MR) is 62.9 cm³/mol. The average Bonchev–Trinajstić information content (AvgIpc) is 2.47. The largest absolute Gasteiger partial charge is 0.383 e. The van der Waals surface area contributed by atoms with Gasteiger partial charge >= 0.3 is 0 Å². The van der Waals surface area contributed by atoms with E-state index in [9.17, 15) is 0 Å². The second kappa shape index (κ2) is 2.92. The molecule has 15 heavy (non-hydrogen) atoms. The Morgan fingerprint density at radius 3 is 1.87 bits per heavy atom. The molecule has 0 unspecified atom stereocenters. The third-order valence-electron chi connectivity index (χ3n) is 3.41. The standard InChI is InChI=1S/C12H15N3/c1-5-6(2)8(4)10-9(7(5)3)11(13)15-12(10)14/h1-4H3,(H3,13,14,15). The molecule has 1 aliphatic heterocycles. The molecular weight excluding hydrogens is 186 g/mol. The van der Waals surface area contributed by atoms with Crippen molar-refractivity contribution in [3.63, 3.8) is 0 Å². The van der Waals surface area contributed by atoms with Gasteiger partial charge in [0, 0.05) is 11.1 Å². The highest BCUT2D eigenvalue weighted by Crippen LogP contribution is 2.30. The van der Waals surface area contributed by atoms with Gasteiger partial charge in [-0.05, 0) is 49.9 Å². The van der Waals surface area contributed by atoms with Gasteiger partial charge in [-0.15, -0.1) is 0 Å². The van der Waals surface area contributed by atoms with E-state index in [1.165, 1.54) is 11.1 Å². The molecule has 0 aromatic heterocycles. The molecule has 0 amide bonds. The lowest BCUT2D eigenvalue weighted by Crippen LogP contribution is -2.14. The van der Waals surface area contributed by atoms with Gasteiger partial charge in [-0.25, -0.2) is 4.99 Å². The van der Waals surface area contributed by atoms with Crippen molar-refractivity contribution < 1.29 is 0 Å². The first kappa shape index (κ1) is 9.90. The SMILES string of the molecule is Cc1c(C)c(C)c2c(c1C)C(=N)N=C2N. The van der Waals surface area contributed by atoms with E-state index >= 15 is 0 Å². The number of nitrogens with zero attached hydrogens (tertiary/aromatic N) is 1. The summed E-state index contributed by atoms with van der Waals surface area (Å²) in [6, 6.07) is 0. The van der Waals surface area contributed by atoms with E-state index in [0.717, 1.165) is 22.3 Å². The molecule has 1 aliphatic rings. The van der Waals surface area contributed by atoms with Gasteiger partial charge < -0.3 is 5.73 Å². The third kappa shape index (κ3) is 1.12. The van der Waals surface area contributed by atoms with Crippen LogP contribution in [0.15, 0.2) is 4.99 Å². The van der Waals surface area contributed by atoms with Gasteiger partial charge in [0.05, 0.1) is 0 Å². The van der Waals surface area contributed by atoms with E-state index < -0.39 is 0 Å². The van der Waals surface area contributed by atoms with E-state index in [4.69, 9.17) is 11.1 Å². The van der Waals surface area contributed by atoms with Gasteiger partial charge in [0.1, 0.15) is 5.84 Å². The summed E-state index contributed by atoms with van der Waals surface area (Å²) in [7, 11) is 0. The van der Waals surface area contributed by atoms with Crippen LogP contribution in [-0.4, -0.2) is 11.7 Å². The monoisotopic (exact) mass is 201 g/mol. The van der Waals surface area contributed by atoms with E-state index in [1.807, 2.05) is 13.8 Å². The first-order chi connectivity index (χ1) is 6.95. The molecule has 78 valence electrons. The number of aliphatic imine (C=N–C) groups is 1. The Bertz CT molecular complexity index is 510. The van der Waals surface area contributed by atoms with Crippen molar-refractivity contribution in [3.05, 3.63) is 33.4 Å². The molecule has 3 heteroatoms. The van der Waals surface area contributed by atoms with E-state index in [1.54, 1.807) is 0 Å². The Morgan fingerprint density at radius 1 is 0.867 bits per heavy atom. The van der Waals surface area contributed by atoms with E-state index in [2.05, 4.69) is 18.8 Å². The highest BCUT2D eigenvalue weighted by atomic mass is 14.9. The summed E-state index contributed by atoms with van der Waals surface area (Å²) >= 11 is 0. The molecule has 0 saturated heterocycles. The third-order valence-corrected chi connectivity index (χ3v) is 3.41. The summed E-state index contributed by atoms with van der Waals surface area (Å²) in [5.74, 6) is 0.782. The van der Waals surface area contributed by atoms with Crippen LogP contribution in [0.5, 0.6) is 0 Å². The Hall–Kier alpha value is -1.64. The van der Waals surface area contributed by atoms with Crippen molar-refractivity contribution in [2.24, 2.45) is 10.7 Å². The van der Waals surface area contributed by atoms with Crippen LogP contribution in [0.4, 0.5) is 0 Å². The highest BCUT2D eigenvalue weighted by Gasteiger charge is 2.25. The molecule has 0 fully saturated rings. The lowest BCUT2D eigenvalue weighted by atomic mass is 9.89. The van der Waals surface area contributed by atoms with Crippen molar-refractivity contribution in [3.8, 4) is 0 Å². The second-order valence-corrected chi connectivity index (χ2v) is 4.10. The van der Waals surface area contributed by atoms with Gasteiger partial charge in [-0.3, -0.25) is 5.41 Å². The van der Waals surface area contributed by atoms with Crippen molar-refractivity contribution in [1.29, 1.82) is 5.41 Å². The molecular formula is C12H15N3. The molecule has 0 aliphatic carbocycles. The number of rotatable bonds is 0. The lowest BCUT2D eigenvalue weighted by molar-refractivity contribution is 1.20. The molecule has 0 radical (unpaired) electrons. The van der Waals surface area contributed by atoms with Crippen LogP contribution < -0.4 is 5.73 Å². The van der Waals surface area contributed by atoms with Crippen molar-refractivity contribution in [1.82, 2.24) is 0 Å². The fraction of sp³-hybridized carbons (Fsp3) is 0.333. The summed E-state index contributed by atoms with van der Waals surface area (Å²) in [6.45, 7) is 8.25. The van der Waals surface area contributed by atoms with Gasteiger partial charge in [0.2, 0.25) is 0 Å². The van der Waals surface area contributed by atoms with Crippen molar-refractivity contribution in [2.75, 3.05) is 0 Å². The average molecular weight is 201 g/mol. The minimum absolute atomic E-state index is 0.297. The summed E-state index contributed by atoms with van der Waals surface area (Å²) in [5, 5.41) is 7.80. The van der Waals surface area contributed by atoms with E-state index in [0.29, 0.717) is 11.7 Å². The molecule has 1 aromatic carbocycles. The maximum Gasteiger partial charge on any atom is 0.155 e. The number of nitrogens with two attached hydrogens (primary N) is 1. The first-order valence-electron chi connectivity index (χ1n) is 4.99. The number of hydrogen-bond acceptors (Lipinski definition) is 2. The van der Waals surface area contributed by atoms with Crippen LogP contribution in [0.3, 0.4) is 0 Å². The zero-order valence-electron chi connectivity index (χ0n) is 9.52. The Balaban J connectivity index is 2.92. The molecule has 0 atom stereocenters. The maximum absolute atomic E-state index is 7.80. The maximum atomic E-state index is 7.80. The van der Waals surface area contributed by atoms with Gasteiger partial charge in [-0.1, -0.05) is 0 Å². The molecule has 0 spiro atoms. The minimum atomic E-state index is 0.297. The van der Waals surface area contributed by atoms with Crippen LogP contribution in [0.1, 0.15) is 33.4 Å². The Morgan fingerprint density at radius 2 is 1.33 bits per heavy atom. The Kier molecular flexibility index (Phi) is 1.93. The highest BCUT2D eigenvalue weighted by molar-refractivity contribution is 6.22. The second-order valence-electron chi connectivity index (χ2n) is 4.10. The van der Waals surface area contributed by atoms with Gasteiger partial charge in [0.15, 0.2) is 5.84 Å². The normalized spacial score (nSPS) is 14.1. The summed E-state index contributed by atoms with van der Waals surface area (Å²) in [6.07, 6.45) is 0. The number of benzene rings is 1. The predicted octanol–water partition coefficient (Wildman–Crippen LogP) is 1.96. The summed E-state index contributed by atoms with van der Waals surface area (Å²) in [4.78, 5) is 4.04. The van der Waals surface area contributed by atoms with Crippen molar-refractivity contribution in [2.45, 2.75) is 27.7 Å². The molecule has 3 N–H and O–H groups in total. The van der Waals surface area contributed by atoms with Crippen LogP contribution in [0.25, 0.3) is 0 Å². The molecule has 2 rings (SSSR count). The van der Waals surface area contributed by atoms with Crippen molar-refractivity contribution >= 4 is 11.7 Å². The number of nitrogens with one attached hydrogen (secondary N) is 1. The van der Waals surface area contributed by atoms with Crippen LogP contribution >= 0.6 is 0 Å². The fourth-order valence-electron chi connectivity index (χ4n) is 2.16. The Labute approximate surface area is 89.5 Å². The zero-order valence-corrected chi connectivity index (χ0v) is 9.52. The van der Waals surface area contributed by atoms with Gasteiger partial charge in [0.25, 0.3) is 0 Å². The molecule has 0 saturated carbocycles. The number of hydrogen-bond donors (Lipinski definition) is 2. The molecule has 1 heterocycles. The summed E-state index contributed by atoms with van der Waals surface area (Å²) < 4.78 is 0. The van der Waals surface area contributed by atoms with Crippen LogP contribution in [0, 0.1) is 33.1 Å². The van der Waals surface area contributed by atoms with Crippen LogP contribution in [-0.2, 0) is 0 Å². The minimum Gasteiger partial charge on any atom is -0.383 e. The molecule has 0 bridgehead atoms. The zero-order chi connectivity index (χ0) is 11.3. The topological polar surface area (TPSA) is 62.2 Å². The van der Waals surface area contributed by atoms with Gasteiger partial charge in [-0.2, -0.15) is 0 Å². The smallest absolute Gasteiger partial charge is 0.155 e. The van der Waals surface area contributed by atoms with E-state index in [-0.39, 0.29) is 0 Å². The molecule has 3 nitrogen and oxygen atoms in total. The first-order valence-corrected chi connectivity index (χ1v) is 4.99. The fourth-order valence-corrected chi connectivity index (χ4v) is 2.16. The number of fused-ring (bicyclic) bond motifs is 1. The summed E-state index contributed by atoms with van der Waals surface area (Å²) in [5.41, 5.74) is 12.5. The molecule has 1 aromatic rings. The van der Waals surface area contributed by atoms with Crippen LogP contribution in [0.2, 0.25) is 0 Å².